The van der Waals surface area contributed by atoms with Crippen molar-refractivity contribution in [2.75, 3.05) is 13.7 Å². The van der Waals surface area contributed by atoms with Crippen molar-refractivity contribution in [1.29, 1.82) is 0 Å². The summed E-state index contributed by atoms with van der Waals surface area (Å²) in [6, 6.07) is 2.69. The SMILES string of the molecule is CNC(CCc1ccnn1C)CCC1CCCCO1. The van der Waals surface area contributed by atoms with Crippen LogP contribution in [0.5, 0.6) is 0 Å². The van der Waals surface area contributed by atoms with E-state index in [0.29, 0.717) is 12.1 Å². The van der Waals surface area contributed by atoms with Crippen LogP contribution in [-0.4, -0.2) is 35.6 Å². The summed E-state index contributed by atoms with van der Waals surface area (Å²) in [7, 11) is 4.08. The second-order valence-electron chi connectivity index (χ2n) is 5.54. The summed E-state index contributed by atoms with van der Waals surface area (Å²) in [6.45, 7) is 0.962. The number of hydrogen-bond donors (Lipinski definition) is 1. The maximum absolute atomic E-state index is 5.80. The van der Waals surface area contributed by atoms with Crippen molar-refractivity contribution in [3.05, 3.63) is 18.0 Å². The fourth-order valence-electron chi connectivity index (χ4n) is 2.82. The molecular weight excluding hydrogens is 238 g/mol. The van der Waals surface area contributed by atoms with Gasteiger partial charge in [0, 0.05) is 31.6 Å². The van der Waals surface area contributed by atoms with Crippen LogP contribution in [0.4, 0.5) is 0 Å². The first kappa shape index (κ1) is 14.5. The predicted molar refractivity (Wildman–Crippen MR) is 77.2 cm³/mol. The zero-order valence-electron chi connectivity index (χ0n) is 12.3. The molecule has 2 atom stereocenters. The maximum Gasteiger partial charge on any atom is 0.0575 e. The number of ether oxygens (including phenoxy) is 1. The van der Waals surface area contributed by atoms with Gasteiger partial charge in [0.1, 0.15) is 0 Å². The molecule has 1 fully saturated rings. The summed E-state index contributed by atoms with van der Waals surface area (Å²) in [4.78, 5) is 0. The number of aryl methyl sites for hydroxylation is 2. The molecule has 1 N–H and O–H groups in total. The van der Waals surface area contributed by atoms with Crippen LogP contribution in [0.25, 0.3) is 0 Å². The van der Waals surface area contributed by atoms with E-state index in [1.165, 1.54) is 44.2 Å². The standard InChI is InChI=1S/C15H27N3O/c1-16-13(6-8-14-10-11-17-18(14)2)7-9-15-5-3-4-12-19-15/h10-11,13,15-16H,3-9,12H2,1-2H3. The van der Waals surface area contributed by atoms with Gasteiger partial charge in [0.15, 0.2) is 0 Å². The number of aromatic nitrogens is 2. The van der Waals surface area contributed by atoms with Crippen molar-refractivity contribution in [3.8, 4) is 0 Å². The van der Waals surface area contributed by atoms with Crippen molar-refractivity contribution < 1.29 is 4.74 Å². The molecule has 0 aromatic carbocycles. The van der Waals surface area contributed by atoms with Gasteiger partial charge >= 0.3 is 0 Å². The minimum Gasteiger partial charge on any atom is -0.378 e. The molecule has 1 saturated heterocycles. The topological polar surface area (TPSA) is 39.1 Å². The molecule has 0 amide bonds. The van der Waals surface area contributed by atoms with Gasteiger partial charge in [-0.15, -0.1) is 0 Å². The highest BCUT2D eigenvalue weighted by Gasteiger charge is 2.16. The van der Waals surface area contributed by atoms with Crippen molar-refractivity contribution in [3.63, 3.8) is 0 Å². The lowest BCUT2D eigenvalue weighted by Crippen LogP contribution is -2.29. The van der Waals surface area contributed by atoms with E-state index in [1.54, 1.807) is 0 Å². The van der Waals surface area contributed by atoms with Gasteiger partial charge in [-0.1, -0.05) is 0 Å². The number of hydrogen-bond acceptors (Lipinski definition) is 3. The molecule has 1 aromatic rings. The summed E-state index contributed by atoms with van der Waals surface area (Å²) >= 11 is 0. The minimum atomic E-state index is 0.501. The Kier molecular flexibility index (Phi) is 5.86. The lowest BCUT2D eigenvalue weighted by molar-refractivity contribution is 0.00857. The van der Waals surface area contributed by atoms with Crippen molar-refractivity contribution in [1.82, 2.24) is 15.1 Å². The largest absolute Gasteiger partial charge is 0.378 e. The average molecular weight is 265 g/mol. The Bertz CT molecular complexity index is 358. The lowest BCUT2D eigenvalue weighted by Gasteiger charge is -2.24. The highest BCUT2D eigenvalue weighted by Crippen LogP contribution is 2.19. The summed E-state index contributed by atoms with van der Waals surface area (Å²) in [5, 5.41) is 7.65. The number of nitrogens with one attached hydrogen (secondary N) is 1. The van der Waals surface area contributed by atoms with Gasteiger partial charge < -0.3 is 10.1 Å². The van der Waals surface area contributed by atoms with E-state index in [0.717, 1.165) is 13.0 Å². The van der Waals surface area contributed by atoms with Crippen LogP contribution in [-0.2, 0) is 18.2 Å². The molecule has 0 aliphatic carbocycles. The fourth-order valence-corrected chi connectivity index (χ4v) is 2.82. The van der Waals surface area contributed by atoms with Crippen molar-refractivity contribution in [2.24, 2.45) is 7.05 Å². The Morgan fingerprint density at radius 1 is 1.47 bits per heavy atom. The second kappa shape index (κ2) is 7.65. The molecule has 0 spiro atoms. The third-order valence-electron chi connectivity index (χ3n) is 4.19. The van der Waals surface area contributed by atoms with E-state index in [1.807, 2.05) is 17.9 Å². The van der Waals surface area contributed by atoms with Crippen LogP contribution in [0.3, 0.4) is 0 Å². The number of rotatable bonds is 7. The molecule has 1 aliphatic heterocycles. The van der Waals surface area contributed by atoms with Gasteiger partial charge in [0.05, 0.1) is 6.10 Å². The van der Waals surface area contributed by atoms with Gasteiger partial charge in [0.2, 0.25) is 0 Å². The maximum atomic E-state index is 5.80. The third-order valence-corrected chi connectivity index (χ3v) is 4.19. The van der Waals surface area contributed by atoms with Gasteiger partial charge in [-0.25, -0.2) is 0 Å². The minimum absolute atomic E-state index is 0.501. The zero-order chi connectivity index (χ0) is 13.5. The van der Waals surface area contributed by atoms with E-state index in [9.17, 15) is 0 Å². The Labute approximate surface area is 116 Å². The monoisotopic (exact) mass is 265 g/mol. The van der Waals surface area contributed by atoms with Crippen LogP contribution in [0.15, 0.2) is 12.3 Å². The molecule has 1 aliphatic rings. The smallest absolute Gasteiger partial charge is 0.0575 e. The summed E-state index contributed by atoms with van der Waals surface area (Å²) in [6.07, 6.45) is 10.9. The molecule has 108 valence electrons. The summed E-state index contributed by atoms with van der Waals surface area (Å²) < 4.78 is 7.77. The normalized spacial score (nSPS) is 21.5. The zero-order valence-corrected chi connectivity index (χ0v) is 12.3. The first-order chi connectivity index (χ1) is 9.29. The molecule has 2 heterocycles. The average Bonchev–Trinajstić information content (AvgIpc) is 2.86. The molecule has 0 bridgehead atoms. The third kappa shape index (κ3) is 4.62. The van der Waals surface area contributed by atoms with Crippen LogP contribution < -0.4 is 5.32 Å². The summed E-state index contributed by atoms with van der Waals surface area (Å²) in [5.74, 6) is 0. The number of nitrogens with zero attached hydrogens (tertiary/aromatic N) is 2. The second-order valence-corrected chi connectivity index (χ2v) is 5.54. The molecule has 4 nitrogen and oxygen atoms in total. The Hall–Kier alpha value is -0.870. The molecule has 2 rings (SSSR count). The fraction of sp³-hybridized carbons (Fsp3) is 0.800. The van der Waals surface area contributed by atoms with E-state index in [4.69, 9.17) is 4.74 Å². The van der Waals surface area contributed by atoms with Crippen molar-refractivity contribution >= 4 is 0 Å². The van der Waals surface area contributed by atoms with E-state index < -0.39 is 0 Å². The van der Waals surface area contributed by atoms with Gasteiger partial charge in [-0.05, 0) is 58.1 Å². The molecule has 2 unspecified atom stereocenters. The van der Waals surface area contributed by atoms with E-state index in [2.05, 4.69) is 23.5 Å². The Morgan fingerprint density at radius 3 is 3.00 bits per heavy atom. The molecule has 0 saturated carbocycles. The highest BCUT2D eigenvalue weighted by molar-refractivity contribution is 5.00. The Morgan fingerprint density at radius 2 is 2.37 bits per heavy atom. The summed E-state index contributed by atoms with van der Waals surface area (Å²) in [5.41, 5.74) is 1.31. The van der Waals surface area contributed by atoms with Crippen LogP contribution in [0.2, 0.25) is 0 Å². The molecule has 0 radical (unpaired) electrons. The van der Waals surface area contributed by atoms with Gasteiger partial charge in [-0.2, -0.15) is 5.10 Å². The van der Waals surface area contributed by atoms with E-state index >= 15 is 0 Å². The molecule has 1 aromatic heterocycles. The first-order valence-corrected chi connectivity index (χ1v) is 7.55. The van der Waals surface area contributed by atoms with E-state index in [-0.39, 0.29) is 0 Å². The van der Waals surface area contributed by atoms with Crippen molar-refractivity contribution in [2.45, 2.75) is 57.1 Å². The Balaban J connectivity index is 1.69. The molecule has 4 heteroatoms. The molecule has 19 heavy (non-hydrogen) atoms. The quantitative estimate of drug-likeness (QED) is 0.822. The van der Waals surface area contributed by atoms with Crippen LogP contribution in [0.1, 0.15) is 44.2 Å². The predicted octanol–water partition coefficient (Wildman–Crippen LogP) is 2.29. The van der Waals surface area contributed by atoms with Crippen LogP contribution in [0, 0.1) is 0 Å². The first-order valence-electron chi connectivity index (χ1n) is 7.55. The van der Waals surface area contributed by atoms with Gasteiger partial charge in [-0.3, -0.25) is 4.68 Å². The molecular formula is C15H27N3O. The van der Waals surface area contributed by atoms with Gasteiger partial charge in [0.25, 0.3) is 0 Å². The lowest BCUT2D eigenvalue weighted by atomic mass is 9.99. The highest BCUT2D eigenvalue weighted by atomic mass is 16.5. The van der Waals surface area contributed by atoms with Crippen LogP contribution >= 0.6 is 0 Å².